The van der Waals surface area contributed by atoms with Gasteiger partial charge in [0.1, 0.15) is 5.75 Å². The lowest BCUT2D eigenvalue weighted by molar-refractivity contribution is -0.135. The molecular weight excluding hydrogens is 314 g/mol. The van der Waals surface area contributed by atoms with Gasteiger partial charge < -0.3 is 9.64 Å². The van der Waals surface area contributed by atoms with Crippen LogP contribution in [0.1, 0.15) is 31.7 Å². The quantitative estimate of drug-likeness (QED) is 0.764. The third kappa shape index (κ3) is 5.23. The number of unbranched alkanes of at least 4 members (excludes halogenated alkanes) is 1. The molecular formula is C17H25NO4S. The number of amides is 1. The summed E-state index contributed by atoms with van der Waals surface area (Å²) in [6.07, 6.45) is 2.36. The number of sulfone groups is 1. The number of carbonyl (C=O) groups excluding carboxylic acids is 1. The number of hydrogen-bond donors (Lipinski definition) is 0. The standard InChI is InChI=1S/C17H25NO4S/c1-3-4-10-18(15-9-11-23(20,21)13-15)17(19)12-22-16-7-5-14(2)6-8-16/h5-8,15H,3-4,9-13H2,1-2H3. The maximum absolute atomic E-state index is 12.5. The van der Waals surface area contributed by atoms with E-state index in [0.29, 0.717) is 18.7 Å². The van der Waals surface area contributed by atoms with E-state index < -0.39 is 9.84 Å². The summed E-state index contributed by atoms with van der Waals surface area (Å²) < 4.78 is 28.9. The molecule has 0 spiro atoms. The monoisotopic (exact) mass is 339 g/mol. The van der Waals surface area contributed by atoms with E-state index >= 15 is 0 Å². The van der Waals surface area contributed by atoms with Crippen LogP contribution >= 0.6 is 0 Å². The van der Waals surface area contributed by atoms with Crippen molar-refractivity contribution in [1.82, 2.24) is 4.90 Å². The summed E-state index contributed by atoms with van der Waals surface area (Å²) >= 11 is 0. The first-order chi connectivity index (χ1) is 10.9. The summed E-state index contributed by atoms with van der Waals surface area (Å²) in [6, 6.07) is 7.31. The Hall–Kier alpha value is -1.56. The van der Waals surface area contributed by atoms with Crippen LogP contribution in [0.4, 0.5) is 0 Å². The zero-order valence-electron chi connectivity index (χ0n) is 13.8. The largest absolute Gasteiger partial charge is 0.484 e. The van der Waals surface area contributed by atoms with Gasteiger partial charge >= 0.3 is 0 Å². The van der Waals surface area contributed by atoms with E-state index in [0.717, 1.165) is 18.4 Å². The second kappa shape index (κ2) is 7.81. The summed E-state index contributed by atoms with van der Waals surface area (Å²) in [5.74, 6) is 0.763. The van der Waals surface area contributed by atoms with Crippen molar-refractivity contribution < 1.29 is 17.9 Å². The lowest BCUT2D eigenvalue weighted by Gasteiger charge is -2.28. The first-order valence-corrected chi connectivity index (χ1v) is 9.93. The average Bonchev–Trinajstić information content (AvgIpc) is 2.87. The van der Waals surface area contributed by atoms with Gasteiger partial charge in [-0.3, -0.25) is 4.79 Å². The molecule has 1 saturated heterocycles. The Labute approximate surface area is 138 Å². The van der Waals surface area contributed by atoms with Gasteiger partial charge in [0.2, 0.25) is 0 Å². The van der Waals surface area contributed by atoms with Gasteiger partial charge in [0.15, 0.2) is 16.4 Å². The Kier molecular flexibility index (Phi) is 6.04. The van der Waals surface area contributed by atoms with Gasteiger partial charge in [-0.25, -0.2) is 8.42 Å². The number of carbonyl (C=O) groups is 1. The van der Waals surface area contributed by atoms with Crippen LogP contribution in [0, 0.1) is 6.92 Å². The molecule has 1 amide bonds. The molecule has 1 unspecified atom stereocenters. The zero-order valence-corrected chi connectivity index (χ0v) is 14.6. The van der Waals surface area contributed by atoms with Crippen molar-refractivity contribution in [3.63, 3.8) is 0 Å². The number of hydrogen-bond acceptors (Lipinski definition) is 4. The highest BCUT2D eigenvalue weighted by molar-refractivity contribution is 7.91. The molecule has 128 valence electrons. The topological polar surface area (TPSA) is 63.7 Å². The van der Waals surface area contributed by atoms with Crippen molar-refractivity contribution in [2.75, 3.05) is 24.7 Å². The third-order valence-electron chi connectivity index (χ3n) is 4.11. The Bertz CT molecular complexity index is 624. The highest BCUT2D eigenvalue weighted by Crippen LogP contribution is 2.19. The van der Waals surface area contributed by atoms with Crippen molar-refractivity contribution in [1.29, 1.82) is 0 Å². The van der Waals surface area contributed by atoms with Crippen LogP contribution in [0.2, 0.25) is 0 Å². The lowest BCUT2D eigenvalue weighted by atomic mass is 10.2. The molecule has 5 nitrogen and oxygen atoms in total. The molecule has 1 aromatic rings. The number of nitrogens with zero attached hydrogens (tertiary/aromatic N) is 1. The zero-order chi connectivity index (χ0) is 16.9. The maximum Gasteiger partial charge on any atom is 0.260 e. The fraction of sp³-hybridized carbons (Fsp3) is 0.588. The molecule has 1 aliphatic rings. The Balaban J connectivity index is 1.97. The molecule has 0 saturated carbocycles. The SMILES string of the molecule is CCCCN(C(=O)COc1ccc(C)cc1)C1CCS(=O)(=O)C1. The molecule has 1 heterocycles. The molecule has 2 rings (SSSR count). The fourth-order valence-electron chi connectivity index (χ4n) is 2.72. The first kappa shape index (κ1) is 17.8. The van der Waals surface area contributed by atoms with Gasteiger partial charge in [-0.05, 0) is 31.9 Å². The van der Waals surface area contributed by atoms with E-state index in [9.17, 15) is 13.2 Å². The van der Waals surface area contributed by atoms with E-state index in [1.54, 1.807) is 4.90 Å². The second-order valence-corrected chi connectivity index (χ2v) is 8.33. The Morgan fingerprint density at radius 1 is 1.30 bits per heavy atom. The van der Waals surface area contributed by atoms with Gasteiger partial charge in [0, 0.05) is 12.6 Å². The van der Waals surface area contributed by atoms with Crippen molar-refractivity contribution in [2.45, 2.75) is 39.2 Å². The van der Waals surface area contributed by atoms with Crippen LogP contribution < -0.4 is 4.74 Å². The molecule has 1 aliphatic heterocycles. The molecule has 0 aliphatic carbocycles. The number of aryl methyl sites for hydroxylation is 1. The van der Waals surface area contributed by atoms with E-state index in [-0.39, 0.29) is 30.1 Å². The van der Waals surface area contributed by atoms with Gasteiger partial charge in [0.25, 0.3) is 5.91 Å². The van der Waals surface area contributed by atoms with E-state index in [1.807, 2.05) is 31.2 Å². The predicted octanol–water partition coefficient (Wildman–Crippen LogP) is 2.19. The predicted molar refractivity (Wildman–Crippen MR) is 90.4 cm³/mol. The molecule has 6 heteroatoms. The minimum atomic E-state index is -3.01. The van der Waals surface area contributed by atoms with Crippen molar-refractivity contribution >= 4 is 15.7 Å². The maximum atomic E-state index is 12.5. The first-order valence-electron chi connectivity index (χ1n) is 8.10. The normalized spacial score (nSPS) is 19.5. The van der Waals surface area contributed by atoms with Crippen molar-refractivity contribution in [3.05, 3.63) is 29.8 Å². The third-order valence-corrected chi connectivity index (χ3v) is 5.86. The Morgan fingerprint density at radius 3 is 2.57 bits per heavy atom. The Morgan fingerprint density at radius 2 is 2.00 bits per heavy atom. The summed E-state index contributed by atoms with van der Waals surface area (Å²) in [5.41, 5.74) is 1.13. The van der Waals surface area contributed by atoms with Crippen LogP contribution in [0.25, 0.3) is 0 Å². The molecule has 0 aromatic heterocycles. The highest BCUT2D eigenvalue weighted by atomic mass is 32.2. The molecule has 23 heavy (non-hydrogen) atoms. The molecule has 1 atom stereocenters. The molecule has 0 bridgehead atoms. The average molecular weight is 339 g/mol. The van der Waals surface area contributed by atoms with Crippen LogP contribution in [0.5, 0.6) is 5.75 Å². The fourth-order valence-corrected chi connectivity index (χ4v) is 4.45. The van der Waals surface area contributed by atoms with Gasteiger partial charge in [0.05, 0.1) is 11.5 Å². The van der Waals surface area contributed by atoms with E-state index in [1.165, 1.54) is 0 Å². The minimum Gasteiger partial charge on any atom is -0.484 e. The van der Waals surface area contributed by atoms with E-state index in [4.69, 9.17) is 4.74 Å². The minimum absolute atomic E-state index is 0.0523. The van der Waals surface area contributed by atoms with Gasteiger partial charge in [-0.1, -0.05) is 31.0 Å². The summed E-state index contributed by atoms with van der Waals surface area (Å²) in [5, 5.41) is 0. The summed E-state index contributed by atoms with van der Waals surface area (Å²) in [7, 11) is -3.01. The highest BCUT2D eigenvalue weighted by Gasteiger charge is 2.34. The summed E-state index contributed by atoms with van der Waals surface area (Å²) in [6.45, 7) is 4.58. The molecule has 1 aromatic carbocycles. The number of ether oxygens (including phenoxy) is 1. The molecule has 0 radical (unpaired) electrons. The van der Waals surface area contributed by atoms with Crippen LogP contribution in [0.15, 0.2) is 24.3 Å². The second-order valence-electron chi connectivity index (χ2n) is 6.10. The lowest BCUT2D eigenvalue weighted by Crippen LogP contribution is -2.44. The van der Waals surface area contributed by atoms with Crippen LogP contribution in [-0.4, -0.2) is 49.9 Å². The number of benzene rings is 1. The van der Waals surface area contributed by atoms with Gasteiger partial charge in [-0.2, -0.15) is 0 Å². The van der Waals surface area contributed by atoms with Crippen molar-refractivity contribution in [2.24, 2.45) is 0 Å². The van der Waals surface area contributed by atoms with Crippen LogP contribution in [-0.2, 0) is 14.6 Å². The van der Waals surface area contributed by atoms with Crippen LogP contribution in [0.3, 0.4) is 0 Å². The van der Waals surface area contributed by atoms with Crippen molar-refractivity contribution in [3.8, 4) is 5.75 Å². The molecule has 1 fully saturated rings. The smallest absolute Gasteiger partial charge is 0.260 e. The van der Waals surface area contributed by atoms with E-state index in [2.05, 4.69) is 6.92 Å². The van der Waals surface area contributed by atoms with Gasteiger partial charge in [-0.15, -0.1) is 0 Å². The molecule has 0 N–H and O–H groups in total. The summed E-state index contributed by atoms with van der Waals surface area (Å²) in [4.78, 5) is 14.2. The number of rotatable bonds is 7.